The second kappa shape index (κ2) is 12.4. The number of nitrogens with one attached hydrogen (secondary N) is 3. The summed E-state index contributed by atoms with van der Waals surface area (Å²) in [5, 5.41) is 13.2. The lowest BCUT2D eigenvalue weighted by Crippen LogP contribution is -2.39. The highest BCUT2D eigenvalue weighted by Crippen LogP contribution is 2.30. The molecule has 4 aromatic rings. The van der Waals surface area contributed by atoms with Crippen LogP contribution in [0.3, 0.4) is 0 Å². The minimum Gasteiger partial charge on any atom is -0.323 e. The second-order valence-electron chi connectivity index (χ2n) is 9.59. The van der Waals surface area contributed by atoms with Gasteiger partial charge in [-0.3, -0.25) is 19.6 Å². The zero-order chi connectivity index (χ0) is 29.0. The summed E-state index contributed by atoms with van der Waals surface area (Å²) >= 11 is 12.2. The molecule has 1 aliphatic rings. The Labute approximate surface area is 247 Å². The number of amides is 2. The fourth-order valence-electron chi connectivity index (χ4n) is 4.34. The lowest BCUT2D eigenvalue weighted by Gasteiger charge is -2.26. The van der Waals surface area contributed by atoms with Gasteiger partial charge in [-0.2, -0.15) is 5.10 Å². The van der Waals surface area contributed by atoms with Crippen molar-refractivity contribution < 1.29 is 18.0 Å². The van der Waals surface area contributed by atoms with Crippen molar-refractivity contribution in [1.82, 2.24) is 20.1 Å². The van der Waals surface area contributed by atoms with Gasteiger partial charge in [0.2, 0.25) is 5.91 Å². The third-order valence-electron chi connectivity index (χ3n) is 6.52. The Morgan fingerprint density at radius 1 is 0.927 bits per heavy atom. The number of sulfone groups is 1. The van der Waals surface area contributed by atoms with Crippen LogP contribution >= 0.6 is 23.2 Å². The van der Waals surface area contributed by atoms with Crippen LogP contribution in [0.4, 0.5) is 11.4 Å². The van der Waals surface area contributed by atoms with E-state index in [0.29, 0.717) is 63.8 Å². The molecule has 0 atom stereocenters. The summed E-state index contributed by atoms with van der Waals surface area (Å²) in [6.07, 6.45) is -0.0569. The lowest BCUT2D eigenvalue weighted by atomic mass is 10.1. The van der Waals surface area contributed by atoms with Gasteiger partial charge in [-0.15, -0.1) is 0 Å². The SMILES string of the molecule is O=C(Cc1nc(-c2ccc(NC(=O)c3cccc(CN4CCS(=O)(=O)CC4)c3)cc2)n[nH]1)Nc1c(Cl)cccc1Cl. The Bertz CT molecular complexity index is 1660. The zero-order valence-corrected chi connectivity index (χ0v) is 24.1. The Morgan fingerprint density at radius 3 is 2.32 bits per heavy atom. The molecule has 0 radical (unpaired) electrons. The molecular formula is C28H26Cl2N6O4S. The molecule has 0 aliphatic carbocycles. The molecule has 1 aromatic heterocycles. The van der Waals surface area contributed by atoms with Gasteiger partial charge < -0.3 is 10.6 Å². The highest BCUT2D eigenvalue weighted by Gasteiger charge is 2.21. The second-order valence-corrected chi connectivity index (χ2v) is 12.7. The van der Waals surface area contributed by atoms with Gasteiger partial charge in [-0.25, -0.2) is 13.4 Å². The number of hydrogen-bond acceptors (Lipinski definition) is 7. The van der Waals surface area contributed by atoms with E-state index < -0.39 is 9.84 Å². The molecule has 1 saturated heterocycles. The van der Waals surface area contributed by atoms with Crippen LogP contribution in [-0.4, -0.2) is 64.9 Å². The molecule has 1 aliphatic heterocycles. The van der Waals surface area contributed by atoms with E-state index in [-0.39, 0.29) is 29.7 Å². The van der Waals surface area contributed by atoms with Crippen molar-refractivity contribution in [3.63, 3.8) is 0 Å². The standard InChI is InChI=1S/C28H26Cl2N6O4S/c29-22-5-2-6-23(30)26(22)33-25(37)16-24-32-27(35-34-24)19-7-9-21(10-8-19)31-28(38)20-4-1-3-18(15-20)17-36-11-13-41(39,40)14-12-36/h1-10,15H,11-14,16-17H2,(H,31,38)(H,33,37)(H,32,34,35). The number of H-pyrrole nitrogens is 1. The molecule has 13 heteroatoms. The monoisotopic (exact) mass is 612 g/mol. The van der Waals surface area contributed by atoms with Gasteiger partial charge in [0, 0.05) is 36.4 Å². The van der Waals surface area contributed by atoms with Crippen LogP contribution in [0.5, 0.6) is 0 Å². The van der Waals surface area contributed by atoms with Crippen LogP contribution in [0, 0.1) is 0 Å². The van der Waals surface area contributed by atoms with Crippen molar-refractivity contribution in [3.05, 3.63) is 93.7 Å². The molecule has 3 aromatic carbocycles. The molecule has 3 N–H and O–H groups in total. The predicted octanol–water partition coefficient (Wildman–Crippen LogP) is 4.44. The molecule has 0 bridgehead atoms. The van der Waals surface area contributed by atoms with Gasteiger partial charge in [0.05, 0.1) is 33.7 Å². The van der Waals surface area contributed by atoms with Crippen molar-refractivity contribution in [2.24, 2.45) is 0 Å². The van der Waals surface area contributed by atoms with Crippen LogP contribution in [0.25, 0.3) is 11.4 Å². The maximum absolute atomic E-state index is 12.9. The third-order valence-corrected chi connectivity index (χ3v) is 8.76. The molecule has 2 heterocycles. The quantitative estimate of drug-likeness (QED) is 0.267. The maximum Gasteiger partial charge on any atom is 0.255 e. The number of nitrogens with zero attached hydrogens (tertiary/aromatic N) is 3. The topological polar surface area (TPSA) is 137 Å². The molecule has 1 fully saturated rings. The zero-order valence-electron chi connectivity index (χ0n) is 21.7. The number of anilines is 2. The number of rotatable bonds is 8. The average molecular weight is 614 g/mol. The summed E-state index contributed by atoms with van der Waals surface area (Å²) in [7, 11) is -2.94. The van der Waals surface area contributed by atoms with E-state index in [9.17, 15) is 18.0 Å². The summed E-state index contributed by atoms with van der Waals surface area (Å²) in [6.45, 7) is 1.56. The summed E-state index contributed by atoms with van der Waals surface area (Å²) in [5.74, 6) is 0.474. The van der Waals surface area contributed by atoms with Gasteiger partial charge in [0.1, 0.15) is 5.82 Å². The van der Waals surface area contributed by atoms with Crippen molar-refractivity contribution in [2.75, 3.05) is 35.2 Å². The highest BCUT2D eigenvalue weighted by molar-refractivity contribution is 7.91. The molecule has 0 spiro atoms. The number of carbonyl (C=O) groups excluding carboxylic acids is 2. The number of aromatic amines is 1. The van der Waals surface area contributed by atoms with Gasteiger partial charge in [-0.05, 0) is 54.1 Å². The Balaban J connectivity index is 1.17. The number of para-hydroxylation sites is 1. The van der Waals surface area contributed by atoms with Crippen molar-refractivity contribution in [3.8, 4) is 11.4 Å². The Morgan fingerprint density at radius 2 is 1.61 bits per heavy atom. The van der Waals surface area contributed by atoms with E-state index >= 15 is 0 Å². The van der Waals surface area contributed by atoms with E-state index in [0.717, 1.165) is 5.56 Å². The minimum atomic E-state index is -2.94. The summed E-state index contributed by atoms with van der Waals surface area (Å²) in [4.78, 5) is 31.8. The number of carbonyl (C=O) groups is 2. The first kappa shape index (κ1) is 28.7. The third kappa shape index (κ3) is 7.50. The van der Waals surface area contributed by atoms with E-state index in [1.165, 1.54) is 0 Å². The van der Waals surface area contributed by atoms with Gasteiger partial charge in [0.15, 0.2) is 15.7 Å². The minimum absolute atomic E-state index is 0.0569. The molecule has 41 heavy (non-hydrogen) atoms. The molecule has 212 valence electrons. The Hall–Kier alpha value is -3.77. The number of halogens is 2. The fraction of sp³-hybridized carbons (Fsp3) is 0.214. The first-order valence-electron chi connectivity index (χ1n) is 12.7. The average Bonchev–Trinajstić information content (AvgIpc) is 3.41. The molecule has 0 saturated carbocycles. The van der Waals surface area contributed by atoms with Crippen LogP contribution in [-0.2, 0) is 27.6 Å². The smallest absolute Gasteiger partial charge is 0.255 e. The highest BCUT2D eigenvalue weighted by atomic mass is 35.5. The van der Waals surface area contributed by atoms with Crippen molar-refractivity contribution >= 4 is 56.2 Å². The van der Waals surface area contributed by atoms with Crippen LogP contribution < -0.4 is 10.6 Å². The van der Waals surface area contributed by atoms with E-state index in [2.05, 4.69) is 30.7 Å². The van der Waals surface area contributed by atoms with E-state index in [1.807, 2.05) is 18.2 Å². The fourth-order valence-corrected chi connectivity index (χ4v) is 6.11. The molecule has 10 nitrogen and oxygen atoms in total. The normalized spacial score (nSPS) is 14.9. The largest absolute Gasteiger partial charge is 0.323 e. The molecule has 5 rings (SSSR count). The number of hydrogen-bond donors (Lipinski definition) is 3. The summed E-state index contributed by atoms with van der Waals surface area (Å²) < 4.78 is 23.3. The van der Waals surface area contributed by atoms with E-state index in [1.54, 1.807) is 48.5 Å². The first-order valence-corrected chi connectivity index (χ1v) is 15.3. The van der Waals surface area contributed by atoms with Crippen LogP contribution in [0.1, 0.15) is 21.7 Å². The van der Waals surface area contributed by atoms with E-state index in [4.69, 9.17) is 23.2 Å². The summed E-state index contributed by atoms with van der Waals surface area (Å²) in [6, 6.07) is 19.3. The van der Waals surface area contributed by atoms with Gasteiger partial charge in [-0.1, -0.05) is 41.4 Å². The molecule has 0 unspecified atom stereocenters. The lowest BCUT2D eigenvalue weighted by molar-refractivity contribution is -0.115. The van der Waals surface area contributed by atoms with Crippen LogP contribution in [0.15, 0.2) is 66.7 Å². The maximum atomic E-state index is 12.9. The van der Waals surface area contributed by atoms with Gasteiger partial charge >= 0.3 is 0 Å². The molecule has 2 amide bonds. The number of aromatic nitrogens is 3. The van der Waals surface area contributed by atoms with Crippen LogP contribution in [0.2, 0.25) is 10.0 Å². The predicted molar refractivity (Wildman–Crippen MR) is 159 cm³/mol. The number of benzene rings is 3. The summed E-state index contributed by atoms with van der Waals surface area (Å²) in [5.41, 5.74) is 3.08. The first-order chi connectivity index (χ1) is 19.6. The van der Waals surface area contributed by atoms with Gasteiger partial charge in [0.25, 0.3) is 5.91 Å². The van der Waals surface area contributed by atoms with Crippen molar-refractivity contribution in [2.45, 2.75) is 13.0 Å². The van der Waals surface area contributed by atoms with Crippen molar-refractivity contribution in [1.29, 1.82) is 0 Å². The molecular weight excluding hydrogens is 587 g/mol. The Kier molecular flexibility index (Phi) is 8.69.